The fourth-order valence-corrected chi connectivity index (χ4v) is 5.10. The van der Waals surface area contributed by atoms with Gasteiger partial charge in [-0.25, -0.2) is 0 Å². The van der Waals surface area contributed by atoms with E-state index in [-0.39, 0.29) is 6.04 Å². The van der Waals surface area contributed by atoms with E-state index in [0.29, 0.717) is 12.2 Å². The van der Waals surface area contributed by atoms with Gasteiger partial charge >= 0.3 is 11.8 Å². The van der Waals surface area contributed by atoms with E-state index < -0.39 is 11.8 Å². The van der Waals surface area contributed by atoms with Crippen molar-refractivity contribution in [1.29, 1.82) is 0 Å². The van der Waals surface area contributed by atoms with Crippen LogP contribution in [-0.2, 0) is 16.0 Å². The molecule has 0 aliphatic carbocycles. The summed E-state index contributed by atoms with van der Waals surface area (Å²) in [7, 11) is 2.15. The second kappa shape index (κ2) is 10.4. The number of benzene rings is 2. The number of carbonyl (C=O) groups is 2. The van der Waals surface area contributed by atoms with Gasteiger partial charge < -0.3 is 15.5 Å². The van der Waals surface area contributed by atoms with E-state index in [4.69, 9.17) is 0 Å². The van der Waals surface area contributed by atoms with Crippen molar-refractivity contribution in [2.45, 2.75) is 52.0 Å². The van der Waals surface area contributed by atoms with Crippen LogP contribution in [0.1, 0.15) is 54.0 Å². The van der Waals surface area contributed by atoms with Gasteiger partial charge in [0.05, 0.1) is 6.04 Å². The molecule has 2 aromatic carbocycles. The number of aryl methyl sites for hydroxylation is 3. The van der Waals surface area contributed by atoms with Gasteiger partial charge in [-0.2, -0.15) is 0 Å². The van der Waals surface area contributed by atoms with E-state index in [1.165, 1.54) is 36.1 Å². The first-order valence-corrected chi connectivity index (χ1v) is 12.2. The average Bonchev–Trinajstić information content (AvgIpc) is 2.81. The van der Waals surface area contributed by atoms with Crippen molar-refractivity contribution in [2.24, 2.45) is 0 Å². The van der Waals surface area contributed by atoms with Crippen LogP contribution in [0.15, 0.2) is 36.4 Å². The summed E-state index contributed by atoms with van der Waals surface area (Å²) in [6.07, 6.45) is 5.85. The predicted molar refractivity (Wildman–Crippen MR) is 134 cm³/mol. The van der Waals surface area contributed by atoms with Crippen molar-refractivity contribution in [1.82, 2.24) is 10.2 Å². The summed E-state index contributed by atoms with van der Waals surface area (Å²) in [4.78, 5) is 30.0. The Kier molecular flexibility index (Phi) is 7.33. The Hall–Kier alpha value is -2.86. The van der Waals surface area contributed by atoms with Crippen LogP contribution in [0, 0.1) is 13.8 Å². The van der Waals surface area contributed by atoms with Gasteiger partial charge in [-0.15, -0.1) is 0 Å². The molecule has 2 aliphatic heterocycles. The fourth-order valence-electron chi connectivity index (χ4n) is 5.10. The maximum atomic E-state index is 12.7. The number of hydrogen-bond acceptors (Lipinski definition) is 4. The van der Waals surface area contributed by atoms with Crippen LogP contribution < -0.4 is 15.5 Å². The van der Waals surface area contributed by atoms with Gasteiger partial charge in [-0.3, -0.25) is 14.5 Å². The van der Waals surface area contributed by atoms with Gasteiger partial charge in [0, 0.05) is 31.5 Å². The van der Waals surface area contributed by atoms with Gasteiger partial charge in [0.1, 0.15) is 0 Å². The summed E-state index contributed by atoms with van der Waals surface area (Å²) >= 11 is 0. The number of amides is 2. The molecule has 2 N–H and O–H groups in total. The normalized spacial score (nSPS) is 17.2. The molecule has 0 unspecified atom stereocenters. The van der Waals surface area contributed by atoms with Gasteiger partial charge in [-0.05, 0) is 81.4 Å². The molecule has 2 aromatic rings. The molecule has 4 rings (SSSR count). The minimum Gasteiger partial charge on any atom is -0.374 e. The van der Waals surface area contributed by atoms with Gasteiger partial charge in [0.2, 0.25) is 0 Å². The summed E-state index contributed by atoms with van der Waals surface area (Å²) in [5.74, 6) is -1.21. The molecule has 2 amide bonds. The molecule has 0 radical (unpaired) electrons. The second-order valence-corrected chi connectivity index (χ2v) is 9.51. The Morgan fingerprint density at radius 1 is 0.939 bits per heavy atom. The first-order valence-electron chi connectivity index (χ1n) is 12.2. The van der Waals surface area contributed by atoms with Crippen LogP contribution in [0.2, 0.25) is 0 Å². The van der Waals surface area contributed by atoms with Crippen LogP contribution in [0.25, 0.3) is 0 Å². The van der Waals surface area contributed by atoms with Crippen LogP contribution >= 0.6 is 0 Å². The third-order valence-electron chi connectivity index (χ3n) is 6.96. The van der Waals surface area contributed by atoms with Crippen molar-refractivity contribution in [3.8, 4) is 0 Å². The highest BCUT2D eigenvalue weighted by Gasteiger charge is 2.26. The van der Waals surface area contributed by atoms with Gasteiger partial charge in [-0.1, -0.05) is 36.2 Å². The molecule has 0 saturated carbocycles. The fraction of sp³-hybridized carbons (Fsp3) is 0.481. The molecule has 0 bridgehead atoms. The number of nitrogens with one attached hydrogen (secondary N) is 2. The molecule has 33 heavy (non-hydrogen) atoms. The van der Waals surface area contributed by atoms with Gasteiger partial charge in [0.15, 0.2) is 0 Å². The van der Waals surface area contributed by atoms with Gasteiger partial charge in [0.25, 0.3) is 0 Å². The summed E-state index contributed by atoms with van der Waals surface area (Å²) in [5, 5.41) is 5.67. The lowest BCUT2D eigenvalue weighted by Gasteiger charge is -2.36. The standard InChI is InChI=1S/C27H36N4O2/c1-19-9-11-23(20(2)16-19)29-27(33)26(32)28-18-25(31-14-5-4-6-15-31)22-10-12-24-21(17-22)8-7-13-30(24)3/h9-12,16-17,25H,4-8,13-15,18H2,1-3H3,(H,28,32)(H,29,33)/t25-/m1/s1. The van der Waals surface area contributed by atoms with E-state index >= 15 is 0 Å². The largest absolute Gasteiger partial charge is 0.374 e. The zero-order chi connectivity index (χ0) is 23.4. The molecule has 0 aromatic heterocycles. The number of piperidine rings is 1. The molecule has 176 valence electrons. The topological polar surface area (TPSA) is 64.7 Å². The van der Waals surface area contributed by atoms with E-state index in [0.717, 1.165) is 43.6 Å². The average molecular weight is 449 g/mol. The monoisotopic (exact) mass is 448 g/mol. The zero-order valence-electron chi connectivity index (χ0n) is 20.1. The Morgan fingerprint density at radius 3 is 2.48 bits per heavy atom. The molecule has 2 aliphatic rings. The molecule has 1 saturated heterocycles. The number of hydrogen-bond donors (Lipinski definition) is 2. The molecule has 1 fully saturated rings. The van der Waals surface area contributed by atoms with Crippen molar-refractivity contribution in [3.05, 3.63) is 58.7 Å². The Labute approximate surface area is 197 Å². The molecular formula is C27H36N4O2. The number of anilines is 2. The van der Waals surface area contributed by atoms with Crippen LogP contribution in [0.4, 0.5) is 11.4 Å². The first kappa shape index (κ1) is 23.3. The number of likely N-dealkylation sites (tertiary alicyclic amines) is 1. The van der Waals surface area contributed by atoms with E-state index in [1.807, 2.05) is 32.0 Å². The smallest absolute Gasteiger partial charge is 0.313 e. The van der Waals surface area contributed by atoms with Crippen molar-refractivity contribution in [3.63, 3.8) is 0 Å². The van der Waals surface area contributed by atoms with E-state index in [1.54, 1.807) is 0 Å². The van der Waals surface area contributed by atoms with Crippen molar-refractivity contribution in [2.75, 3.05) is 43.4 Å². The third-order valence-corrected chi connectivity index (χ3v) is 6.96. The Morgan fingerprint density at radius 2 is 1.73 bits per heavy atom. The summed E-state index contributed by atoms with van der Waals surface area (Å²) in [6, 6.07) is 12.6. The number of rotatable bonds is 5. The highest BCUT2D eigenvalue weighted by atomic mass is 16.2. The van der Waals surface area contributed by atoms with E-state index in [2.05, 4.69) is 45.7 Å². The highest BCUT2D eigenvalue weighted by Crippen LogP contribution is 2.31. The minimum atomic E-state index is -0.619. The molecule has 1 atom stereocenters. The molecule has 0 spiro atoms. The zero-order valence-corrected chi connectivity index (χ0v) is 20.1. The molecule has 6 heteroatoms. The lowest BCUT2D eigenvalue weighted by Crippen LogP contribution is -2.43. The van der Waals surface area contributed by atoms with Crippen molar-refractivity contribution >= 4 is 23.2 Å². The van der Waals surface area contributed by atoms with Crippen LogP contribution in [0.3, 0.4) is 0 Å². The lowest BCUT2D eigenvalue weighted by atomic mass is 9.95. The minimum absolute atomic E-state index is 0.0701. The Bertz CT molecular complexity index is 1010. The predicted octanol–water partition coefficient (Wildman–Crippen LogP) is 3.97. The summed E-state index contributed by atoms with van der Waals surface area (Å²) in [5.41, 5.74) is 6.64. The third kappa shape index (κ3) is 5.56. The highest BCUT2D eigenvalue weighted by molar-refractivity contribution is 6.39. The summed E-state index contributed by atoms with van der Waals surface area (Å²) < 4.78 is 0. The van der Waals surface area contributed by atoms with E-state index in [9.17, 15) is 9.59 Å². The molecular weight excluding hydrogens is 412 g/mol. The SMILES string of the molecule is Cc1ccc(NC(=O)C(=O)NC[C@H](c2ccc3c(c2)CCCN3C)N2CCCCC2)c(C)c1. The first-order chi connectivity index (χ1) is 15.9. The number of carbonyl (C=O) groups excluding carboxylic acids is 2. The quantitative estimate of drug-likeness (QED) is 0.680. The second-order valence-electron chi connectivity index (χ2n) is 9.51. The molecule has 2 heterocycles. The molecule has 6 nitrogen and oxygen atoms in total. The maximum absolute atomic E-state index is 12.7. The lowest BCUT2D eigenvalue weighted by molar-refractivity contribution is -0.136. The summed E-state index contributed by atoms with van der Waals surface area (Å²) in [6.45, 7) is 7.49. The number of nitrogens with zero attached hydrogens (tertiary/aromatic N) is 2. The maximum Gasteiger partial charge on any atom is 0.313 e. The van der Waals surface area contributed by atoms with Crippen molar-refractivity contribution < 1.29 is 9.59 Å². The number of fused-ring (bicyclic) bond motifs is 1. The van der Waals surface area contributed by atoms with Crippen LogP contribution in [0.5, 0.6) is 0 Å². The van der Waals surface area contributed by atoms with Crippen LogP contribution in [-0.4, -0.2) is 49.9 Å². The Balaban J connectivity index is 1.46.